The maximum Gasteiger partial charge on any atom is 0.305 e. The number of aromatic nitrogens is 1. The molecule has 2 aromatic rings. The molecular formula is C15H15BrN2O4. The number of hydrogen-bond acceptors (Lipinski definition) is 3. The van der Waals surface area contributed by atoms with Crippen molar-refractivity contribution in [3.63, 3.8) is 0 Å². The summed E-state index contributed by atoms with van der Waals surface area (Å²) in [4.78, 5) is 26.5. The van der Waals surface area contributed by atoms with Crippen LogP contribution in [0.4, 0.5) is 0 Å². The standard InChI is InChI=1S/C15H15BrN2O4/c16-10-1-2-11-9(5-10)6-12(17-11)14(21)18-15(7-13(19)20)3-4-22-8-15/h1-2,5-6,17H,3-4,7-8H2,(H,18,21)(H,19,20). The van der Waals surface area contributed by atoms with Gasteiger partial charge < -0.3 is 20.1 Å². The Morgan fingerprint density at radius 2 is 2.23 bits per heavy atom. The van der Waals surface area contributed by atoms with E-state index in [0.29, 0.717) is 18.7 Å². The third-order valence-electron chi connectivity index (χ3n) is 3.80. The van der Waals surface area contributed by atoms with Crippen LogP contribution in [-0.2, 0) is 9.53 Å². The predicted molar refractivity (Wildman–Crippen MR) is 83.9 cm³/mol. The minimum absolute atomic E-state index is 0.148. The highest BCUT2D eigenvalue weighted by Gasteiger charge is 2.39. The van der Waals surface area contributed by atoms with E-state index >= 15 is 0 Å². The van der Waals surface area contributed by atoms with Gasteiger partial charge in [0.05, 0.1) is 18.6 Å². The van der Waals surface area contributed by atoms with E-state index in [1.54, 1.807) is 6.07 Å². The van der Waals surface area contributed by atoms with Crippen LogP contribution < -0.4 is 5.32 Å². The van der Waals surface area contributed by atoms with Gasteiger partial charge in [-0.05, 0) is 30.7 Å². The number of carboxylic acids is 1. The van der Waals surface area contributed by atoms with Gasteiger partial charge >= 0.3 is 5.97 Å². The number of rotatable bonds is 4. The maximum absolute atomic E-state index is 12.4. The number of aliphatic carboxylic acids is 1. The zero-order valence-electron chi connectivity index (χ0n) is 11.7. The normalized spacial score (nSPS) is 21.1. The second-order valence-corrected chi connectivity index (χ2v) is 6.44. The van der Waals surface area contributed by atoms with Crippen LogP contribution in [0.2, 0.25) is 0 Å². The molecule has 0 bridgehead atoms. The van der Waals surface area contributed by atoms with Crippen molar-refractivity contribution in [2.24, 2.45) is 0 Å². The van der Waals surface area contributed by atoms with Gasteiger partial charge in [-0.25, -0.2) is 0 Å². The minimum atomic E-state index is -0.952. The van der Waals surface area contributed by atoms with Crippen LogP contribution in [0, 0.1) is 0 Å². The van der Waals surface area contributed by atoms with Gasteiger partial charge in [-0.2, -0.15) is 0 Å². The summed E-state index contributed by atoms with van der Waals surface area (Å²) in [6, 6.07) is 7.42. The van der Waals surface area contributed by atoms with E-state index in [1.165, 1.54) is 0 Å². The Morgan fingerprint density at radius 3 is 2.91 bits per heavy atom. The molecule has 0 saturated carbocycles. The highest BCUT2D eigenvalue weighted by atomic mass is 79.9. The van der Waals surface area contributed by atoms with Crippen molar-refractivity contribution in [3.05, 3.63) is 34.4 Å². The van der Waals surface area contributed by atoms with Crippen molar-refractivity contribution in [2.75, 3.05) is 13.2 Å². The molecule has 1 fully saturated rings. The fourth-order valence-electron chi connectivity index (χ4n) is 2.71. The number of carboxylic acid groups (broad SMARTS) is 1. The number of amides is 1. The van der Waals surface area contributed by atoms with E-state index < -0.39 is 11.5 Å². The number of aromatic amines is 1. The molecule has 6 nitrogen and oxygen atoms in total. The molecule has 116 valence electrons. The van der Waals surface area contributed by atoms with Crippen LogP contribution >= 0.6 is 15.9 Å². The highest BCUT2D eigenvalue weighted by Crippen LogP contribution is 2.25. The maximum atomic E-state index is 12.4. The van der Waals surface area contributed by atoms with Gasteiger partial charge in [-0.3, -0.25) is 9.59 Å². The van der Waals surface area contributed by atoms with Gasteiger partial charge in [0.25, 0.3) is 5.91 Å². The molecule has 1 aromatic heterocycles. The number of carbonyl (C=O) groups excluding carboxylic acids is 1. The molecule has 0 spiro atoms. The molecule has 1 aliphatic heterocycles. The Hall–Kier alpha value is -1.86. The van der Waals surface area contributed by atoms with Crippen molar-refractivity contribution in [3.8, 4) is 0 Å². The van der Waals surface area contributed by atoms with Crippen molar-refractivity contribution < 1.29 is 19.4 Å². The van der Waals surface area contributed by atoms with Gasteiger partial charge in [-0.15, -0.1) is 0 Å². The quantitative estimate of drug-likeness (QED) is 0.773. The number of halogens is 1. The third-order valence-corrected chi connectivity index (χ3v) is 4.29. The first-order chi connectivity index (χ1) is 10.5. The Morgan fingerprint density at radius 1 is 1.41 bits per heavy atom. The van der Waals surface area contributed by atoms with Gasteiger partial charge in [0, 0.05) is 22.0 Å². The van der Waals surface area contributed by atoms with Crippen molar-refractivity contribution in [1.82, 2.24) is 10.3 Å². The molecule has 1 aliphatic rings. The molecule has 0 radical (unpaired) electrons. The molecule has 22 heavy (non-hydrogen) atoms. The summed E-state index contributed by atoms with van der Waals surface area (Å²) in [5.74, 6) is -1.27. The smallest absolute Gasteiger partial charge is 0.305 e. The lowest BCUT2D eigenvalue weighted by atomic mass is 9.94. The molecule has 2 heterocycles. The lowest BCUT2D eigenvalue weighted by Gasteiger charge is -2.26. The number of nitrogens with one attached hydrogen (secondary N) is 2. The number of fused-ring (bicyclic) bond motifs is 1. The zero-order valence-corrected chi connectivity index (χ0v) is 13.3. The van der Waals surface area contributed by atoms with Crippen molar-refractivity contribution >= 4 is 38.7 Å². The molecule has 1 saturated heterocycles. The summed E-state index contributed by atoms with van der Waals surface area (Å²) < 4.78 is 6.21. The average molecular weight is 367 g/mol. The first-order valence-electron chi connectivity index (χ1n) is 6.88. The molecule has 3 rings (SSSR count). The summed E-state index contributed by atoms with van der Waals surface area (Å²) in [6.45, 7) is 0.671. The zero-order chi connectivity index (χ0) is 15.7. The number of H-pyrrole nitrogens is 1. The van der Waals surface area contributed by atoms with E-state index in [2.05, 4.69) is 26.2 Å². The Kier molecular flexibility index (Phi) is 3.92. The molecule has 1 amide bonds. The molecular weight excluding hydrogens is 352 g/mol. The molecule has 1 aromatic carbocycles. The predicted octanol–water partition coefficient (Wildman–Crippen LogP) is 2.29. The molecule has 3 N–H and O–H groups in total. The monoisotopic (exact) mass is 366 g/mol. The number of carbonyl (C=O) groups is 2. The fourth-order valence-corrected chi connectivity index (χ4v) is 3.09. The molecule has 7 heteroatoms. The van der Waals surface area contributed by atoms with Gasteiger partial charge in [0.2, 0.25) is 0 Å². The summed E-state index contributed by atoms with van der Waals surface area (Å²) in [7, 11) is 0. The Labute approximate surface area is 135 Å². The first kappa shape index (κ1) is 15.1. The van der Waals surface area contributed by atoms with Gasteiger partial charge in [0.1, 0.15) is 5.69 Å². The van der Waals surface area contributed by atoms with E-state index in [-0.39, 0.29) is 18.9 Å². The second kappa shape index (κ2) is 5.73. The van der Waals surface area contributed by atoms with Gasteiger partial charge in [-0.1, -0.05) is 15.9 Å². The minimum Gasteiger partial charge on any atom is -0.481 e. The number of benzene rings is 1. The number of hydrogen-bond donors (Lipinski definition) is 3. The topological polar surface area (TPSA) is 91.4 Å². The van der Waals surface area contributed by atoms with E-state index in [0.717, 1.165) is 15.4 Å². The largest absolute Gasteiger partial charge is 0.481 e. The lowest BCUT2D eigenvalue weighted by Crippen LogP contribution is -2.50. The molecule has 1 atom stereocenters. The summed E-state index contributed by atoms with van der Waals surface area (Å²) in [6.07, 6.45) is 0.349. The summed E-state index contributed by atoms with van der Waals surface area (Å²) in [5, 5.41) is 12.8. The summed E-state index contributed by atoms with van der Waals surface area (Å²) in [5.41, 5.74) is 0.425. The molecule has 0 aliphatic carbocycles. The van der Waals surface area contributed by atoms with Crippen molar-refractivity contribution in [1.29, 1.82) is 0 Å². The lowest BCUT2D eigenvalue weighted by molar-refractivity contribution is -0.138. The van der Waals surface area contributed by atoms with Crippen LogP contribution in [0.5, 0.6) is 0 Å². The number of ether oxygens (including phenoxy) is 1. The fraction of sp³-hybridized carbons (Fsp3) is 0.333. The van der Waals surface area contributed by atoms with Crippen LogP contribution in [0.25, 0.3) is 10.9 Å². The first-order valence-corrected chi connectivity index (χ1v) is 7.67. The highest BCUT2D eigenvalue weighted by molar-refractivity contribution is 9.10. The molecule has 1 unspecified atom stereocenters. The van der Waals surface area contributed by atoms with Gasteiger partial charge in [0.15, 0.2) is 0 Å². The van der Waals surface area contributed by atoms with E-state index in [1.807, 2.05) is 18.2 Å². The van der Waals surface area contributed by atoms with Crippen molar-refractivity contribution in [2.45, 2.75) is 18.4 Å². The Bertz CT molecular complexity index is 734. The van der Waals surface area contributed by atoms with Crippen LogP contribution in [0.1, 0.15) is 23.3 Å². The second-order valence-electron chi connectivity index (χ2n) is 5.52. The van der Waals surface area contributed by atoms with Crippen LogP contribution in [0.15, 0.2) is 28.7 Å². The Balaban J connectivity index is 1.83. The SMILES string of the molecule is O=C(O)CC1(NC(=O)c2cc3cc(Br)ccc3[nH]2)CCOC1. The van der Waals surface area contributed by atoms with E-state index in [4.69, 9.17) is 9.84 Å². The van der Waals surface area contributed by atoms with Crippen LogP contribution in [-0.4, -0.2) is 40.7 Å². The average Bonchev–Trinajstić information content (AvgIpc) is 3.04. The third kappa shape index (κ3) is 3.00. The summed E-state index contributed by atoms with van der Waals surface area (Å²) >= 11 is 3.39. The van der Waals surface area contributed by atoms with E-state index in [9.17, 15) is 9.59 Å². The van der Waals surface area contributed by atoms with Crippen LogP contribution in [0.3, 0.4) is 0 Å².